The molecule has 0 aliphatic carbocycles. The molecule has 1 aromatic carbocycles. The molecule has 0 fully saturated rings. The van der Waals surface area contributed by atoms with Gasteiger partial charge in [-0.15, -0.1) is 0 Å². The van der Waals surface area contributed by atoms with E-state index in [1.807, 2.05) is 12.1 Å². The predicted molar refractivity (Wildman–Crippen MR) is 98.7 cm³/mol. The van der Waals surface area contributed by atoms with Crippen molar-refractivity contribution < 1.29 is 24.3 Å². The third-order valence-corrected chi connectivity index (χ3v) is 6.58. The Balaban J connectivity index is 2.10. The lowest BCUT2D eigenvalue weighted by atomic mass is 9.80. The van der Waals surface area contributed by atoms with Crippen LogP contribution in [0, 0.1) is 0 Å². The van der Waals surface area contributed by atoms with Crippen LogP contribution in [0.2, 0.25) is 19.1 Å². The topological polar surface area (TPSA) is 91.2 Å². The maximum atomic E-state index is 9.88. The molecular formula is C16H30BNO5Si. The van der Waals surface area contributed by atoms with E-state index in [0.29, 0.717) is 31.8 Å². The molecule has 0 amide bonds. The number of hydrogen-bond donors (Lipinski definition) is 4. The molecule has 0 radical (unpaired) electrons. The molecular weight excluding hydrogens is 325 g/mol. The van der Waals surface area contributed by atoms with Gasteiger partial charge in [0.2, 0.25) is 0 Å². The zero-order valence-corrected chi connectivity index (χ0v) is 15.9. The molecule has 6 nitrogen and oxygen atoms in total. The summed E-state index contributed by atoms with van der Waals surface area (Å²) in [6, 6.07) is 8.05. The number of aliphatic hydroxyl groups excluding tert-OH is 1. The van der Waals surface area contributed by atoms with Crippen LogP contribution in [0.5, 0.6) is 0 Å². The molecule has 0 saturated carbocycles. The van der Waals surface area contributed by atoms with Gasteiger partial charge in [0.15, 0.2) is 8.32 Å². The van der Waals surface area contributed by atoms with E-state index in [1.54, 1.807) is 19.2 Å². The Labute approximate surface area is 146 Å². The van der Waals surface area contributed by atoms with Crippen LogP contribution in [-0.4, -0.2) is 63.6 Å². The minimum absolute atomic E-state index is 0.317. The number of ether oxygens (including phenoxy) is 1. The van der Waals surface area contributed by atoms with Gasteiger partial charge in [0.1, 0.15) is 0 Å². The Morgan fingerprint density at radius 2 is 1.88 bits per heavy atom. The van der Waals surface area contributed by atoms with Gasteiger partial charge < -0.3 is 29.6 Å². The summed E-state index contributed by atoms with van der Waals surface area (Å²) in [6.45, 7) is 6.37. The molecule has 1 atom stereocenters. The van der Waals surface area contributed by atoms with Gasteiger partial charge in [-0.25, -0.2) is 0 Å². The monoisotopic (exact) mass is 355 g/mol. The summed E-state index contributed by atoms with van der Waals surface area (Å²) in [6.07, 6.45) is 0.409. The second-order valence-corrected chi connectivity index (χ2v) is 11.0. The largest absolute Gasteiger partial charge is 0.488 e. The van der Waals surface area contributed by atoms with Crippen LogP contribution in [0.1, 0.15) is 12.0 Å². The zero-order chi connectivity index (χ0) is 18.0. The third-order valence-electron chi connectivity index (χ3n) is 3.92. The molecule has 0 heterocycles. The van der Waals surface area contributed by atoms with Crippen LogP contribution in [0.15, 0.2) is 24.3 Å². The number of benzene rings is 1. The van der Waals surface area contributed by atoms with Gasteiger partial charge in [-0.3, -0.25) is 0 Å². The zero-order valence-electron chi connectivity index (χ0n) is 14.9. The van der Waals surface area contributed by atoms with Crippen molar-refractivity contribution in [2.24, 2.45) is 0 Å². The highest BCUT2D eigenvalue weighted by Gasteiger charge is 2.19. The summed E-state index contributed by atoms with van der Waals surface area (Å²) in [7, 11) is -1.19. The first-order valence-electron chi connectivity index (χ1n) is 8.31. The van der Waals surface area contributed by atoms with E-state index >= 15 is 0 Å². The first kappa shape index (κ1) is 21.3. The fourth-order valence-corrected chi connectivity index (χ4v) is 3.37. The van der Waals surface area contributed by atoms with Crippen molar-refractivity contribution in [2.45, 2.75) is 38.2 Å². The van der Waals surface area contributed by atoms with Crippen molar-refractivity contribution in [3.05, 3.63) is 29.8 Å². The van der Waals surface area contributed by atoms with E-state index in [9.17, 15) is 5.11 Å². The standard InChI is InChI=1S/C16H30BNO5Si/c1-22-24(2,3)10-4-9-23-13-16(19)12-18-11-14-5-7-15(8-6-14)17(20)21/h5-8,16,18-21H,4,9-13H2,1-3H3. The SMILES string of the molecule is CO[Si](C)(C)CCCOCC(O)CNCc1ccc(B(O)O)cc1. The Morgan fingerprint density at radius 3 is 2.46 bits per heavy atom. The minimum Gasteiger partial charge on any atom is -0.423 e. The Hall–Kier alpha value is -0.738. The molecule has 0 bridgehead atoms. The van der Waals surface area contributed by atoms with Gasteiger partial charge in [0.05, 0.1) is 12.7 Å². The van der Waals surface area contributed by atoms with E-state index in [-0.39, 0.29) is 0 Å². The lowest BCUT2D eigenvalue weighted by Gasteiger charge is -2.19. The van der Waals surface area contributed by atoms with Crippen molar-refractivity contribution in [1.82, 2.24) is 5.32 Å². The summed E-state index contributed by atoms with van der Waals surface area (Å²) in [5.74, 6) is 0. The third kappa shape index (κ3) is 8.93. The molecule has 1 rings (SSSR count). The number of rotatable bonds is 12. The lowest BCUT2D eigenvalue weighted by molar-refractivity contribution is 0.0369. The molecule has 24 heavy (non-hydrogen) atoms. The molecule has 0 aromatic heterocycles. The quantitative estimate of drug-likeness (QED) is 0.314. The second-order valence-electron chi connectivity index (χ2n) is 6.54. The van der Waals surface area contributed by atoms with E-state index < -0.39 is 21.5 Å². The Kier molecular flexibility index (Phi) is 9.76. The van der Waals surface area contributed by atoms with Crippen LogP contribution in [0.4, 0.5) is 0 Å². The van der Waals surface area contributed by atoms with Crippen LogP contribution in [0.25, 0.3) is 0 Å². The Morgan fingerprint density at radius 1 is 1.21 bits per heavy atom. The molecule has 0 aliphatic rings. The van der Waals surface area contributed by atoms with Crippen molar-refractivity contribution in [1.29, 1.82) is 0 Å². The summed E-state index contributed by atoms with van der Waals surface area (Å²) in [5.41, 5.74) is 1.48. The first-order chi connectivity index (χ1) is 11.3. The summed E-state index contributed by atoms with van der Waals surface area (Å²) >= 11 is 0. The summed E-state index contributed by atoms with van der Waals surface area (Å²) < 4.78 is 11.0. The molecule has 0 spiro atoms. The van der Waals surface area contributed by atoms with Crippen molar-refractivity contribution in [2.75, 3.05) is 26.9 Å². The highest BCUT2D eigenvalue weighted by atomic mass is 28.4. The van der Waals surface area contributed by atoms with Crippen molar-refractivity contribution in [3.8, 4) is 0 Å². The first-order valence-corrected chi connectivity index (χ1v) is 11.4. The fraction of sp³-hybridized carbons (Fsp3) is 0.625. The van der Waals surface area contributed by atoms with Crippen LogP contribution >= 0.6 is 0 Å². The van der Waals surface area contributed by atoms with Gasteiger partial charge in [-0.1, -0.05) is 24.3 Å². The van der Waals surface area contributed by atoms with E-state index in [4.69, 9.17) is 19.2 Å². The van der Waals surface area contributed by atoms with Gasteiger partial charge in [-0.05, 0) is 36.6 Å². The smallest absolute Gasteiger partial charge is 0.423 e. The van der Waals surface area contributed by atoms with Crippen LogP contribution in [0.3, 0.4) is 0 Å². The maximum absolute atomic E-state index is 9.88. The Bertz CT molecular complexity index is 458. The highest BCUT2D eigenvalue weighted by Crippen LogP contribution is 2.12. The predicted octanol–water partition coefficient (Wildman–Crippen LogP) is 0.0751. The number of aliphatic hydroxyl groups is 1. The maximum Gasteiger partial charge on any atom is 0.488 e. The fourth-order valence-electron chi connectivity index (χ4n) is 2.17. The van der Waals surface area contributed by atoms with Gasteiger partial charge in [0, 0.05) is 26.8 Å². The van der Waals surface area contributed by atoms with Gasteiger partial charge in [-0.2, -0.15) is 0 Å². The van der Waals surface area contributed by atoms with Gasteiger partial charge >= 0.3 is 7.12 Å². The van der Waals surface area contributed by atoms with Crippen molar-refractivity contribution in [3.63, 3.8) is 0 Å². The second kappa shape index (κ2) is 11.0. The lowest BCUT2D eigenvalue weighted by Crippen LogP contribution is -2.31. The number of hydrogen-bond acceptors (Lipinski definition) is 6. The summed E-state index contributed by atoms with van der Waals surface area (Å²) in [4.78, 5) is 0. The minimum atomic E-state index is -1.51. The number of nitrogens with one attached hydrogen (secondary N) is 1. The van der Waals surface area contributed by atoms with E-state index in [0.717, 1.165) is 18.0 Å². The van der Waals surface area contributed by atoms with E-state index in [1.165, 1.54) is 0 Å². The van der Waals surface area contributed by atoms with Crippen LogP contribution < -0.4 is 10.8 Å². The molecule has 1 aromatic rings. The molecule has 136 valence electrons. The van der Waals surface area contributed by atoms with Crippen LogP contribution in [-0.2, 0) is 15.7 Å². The van der Waals surface area contributed by atoms with Crippen molar-refractivity contribution >= 4 is 20.9 Å². The average molecular weight is 355 g/mol. The van der Waals surface area contributed by atoms with Gasteiger partial charge in [0.25, 0.3) is 0 Å². The normalized spacial score (nSPS) is 13.1. The molecule has 8 heteroatoms. The highest BCUT2D eigenvalue weighted by molar-refractivity contribution is 6.71. The molecule has 1 unspecified atom stereocenters. The molecule has 0 aliphatic heterocycles. The average Bonchev–Trinajstić information content (AvgIpc) is 2.55. The van der Waals surface area contributed by atoms with E-state index in [2.05, 4.69) is 18.4 Å². The summed E-state index contributed by atoms with van der Waals surface area (Å²) in [5, 5.41) is 31.1. The molecule has 4 N–H and O–H groups in total. The molecule has 0 saturated heterocycles.